The van der Waals surface area contributed by atoms with Gasteiger partial charge in [-0.15, -0.1) is 11.3 Å². The molecule has 0 spiro atoms. The number of ether oxygens (including phenoxy) is 1. The van der Waals surface area contributed by atoms with Gasteiger partial charge in [-0.25, -0.2) is 9.59 Å². The van der Waals surface area contributed by atoms with E-state index < -0.39 is 18.0 Å². The van der Waals surface area contributed by atoms with Gasteiger partial charge in [-0.1, -0.05) is 6.07 Å². The molecule has 1 atom stereocenters. The van der Waals surface area contributed by atoms with Gasteiger partial charge < -0.3 is 20.1 Å². The van der Waals surface area contributed by atoms with Crippen molar-refractivity contribution in [3.63, 3.8) is 0 Å². The van der Waals surface area contributed by atoms with Gasteiger partial charge in [0.25, 0.3) is 0 Å². The Morgan fingerprint density at radius 1 is 1.57 bits per heavy atom. The number of aliphatic carboxylic acids is 1. The number of likely N-dealkylation sites (N-methyl/N-ethyl adjacent to an activating group) is 1. The molecule has 116 valence electrons. The molecule has 2 rings (SSSR count). The Kier molecular flexibility index (Phi) is 5.58. The highest BCUT2D eigenvalue weighted by atomic mass is 32.1. The molecule has 2 N–H and O–H groups in total. The molecule has 6 nitrogen and oxygen atoms in total. The largest absolute Gasteiger partial charge is 0.479 e. The highest BCUT2D eigenvalue weighted by molar-refractivity contribution is 7.10. The molecule has 0 radical (unpaired) electrons. The topological polar surface area (TPSA) is 78.9 Å². The SMILES string of the molecule is CN(CCOCC1CC1)C(=O)NC(C(=O)O)c1cccs1. The quantitative estimate of drug-likeness (QED) is 0.719. The van der Waals surface area contributed by atoms with Crippen molar-refractivity contribution in [2.24, 2.45) is 5.92 Å². The third-order valence-corrected chi connectivity index (χ3v) is 4.25. The molecule has 21 heavy (non-hydrogen) atoms. The maximum absolute atomic E-state index is 12.0. The van der Waals surface area contributed by atoms with Crippen LogP contribution in [0.2, 0.25) is 0 Å². The maximum atomic E-state index is 12.0. The van der Waals surface area contributed by atoms with Crippen LogP contribution in [0.3, 0.4) is 0 Å². The van der Waals surface area contributed by atoms with E-state index in [1.165, 1.54) is 29.1 Å². The molecule has 0 saturated heterocycles. The molecule has 1 aliphatic carbocycles. The second-order valence-electron chi connectivity index (χ2n) is 5.18. The normalized spacial score (nSPS) is 15.5. The molecule has 0 aromatic carbocycles. The molecule has 1 aliphatic rings. The fourth-order valence-electron chi connectivity index (χ4n) is 1.78. The predicted octanol–water partition coefficient (Wildman–Crippen LogP) is 1.94. The number of hydrogen-bond donors (Lipinski definition) is 2. The number of carbonyl (C=O) groups is 2. The molecule has 1 aromatic heterocycles. The standard InChI is InChI=1S/C14H20N2O4S/c1-16(6-7-20-9-10-4-5-10)14(19)15-12(13(17)18)11-3-2-8-21-11/h2-3,8,10,12H,4-7,9H2,1H3,(H,15,19)(H,17,18). The van der Waals surface area contributed by atoms with Crippen LogP contribution in [0.25, 0.3) is 0 Å². The third kappa shape index (κ3) is 5.02. The van der Waals surface area contributed by atoms with Gasteiger partial charge in [0.1, 0.15) is 0 Å². The van der Waals surface area contributed by atoms with Crippen molar-refractivity contribution in [3.05, 3.63) is 22.4 Å². The maximum Gasteiger partial charge on any atom is 0.331 e. The van der Waals surface area contributed by atoms with Crippen LogP contribution in [-0.4, -0.2) is 48.8 Å². The molecule has 1 aromatic rings. The number of carboxylic acids is 1. The molecular formula is C14H20N2O4S. The van der Waals surface area contributed by atoms with Crippen LogP contribution >= 0.6 is 11.3 Å². The summed E-state index contributed by atoms with van der Waals surface area (Å²) in [6.45, 7) is 1.66. The summed E-state index contributed by atoms with van der Waals surface area (Å²) >= 11 is 1.31. The van der Waals surface area contributed by atoms with Crippen LogP contribution in [0.5, 0.6) is 0 Å². The first kappa shape index (κ1) is 15.8. The van der Waals surface area contributed by atoms with Crippen LogP contribution < -0.4 is 5.32 Å². The lowest BCUT2D eigenvalue weighted by Gasteiger charge is -2.20. The first-order chi connectivity index (χ1) is 10.1. The van der Waals surface area contributed by atoms with Crippen LogP contribution in [0.1, 0.15) is 23.8 Å². The molecule has 1 saturated carbocycles. The first-order valence-electron chi connectivity index (χ1n) is 6.93. The Morgan fingerprint density at radius 2 is 2.33 bits per heavy atom. The van der Waals surface area contributed by atoms with Crippen molar-refractivity contribution in [1.82, 2.24) is 10.2 Å². The zero-order valence-electron chi connectivity index (χ0n) is 11.9. The minimum atomic E-state index is -1.07. The second-order valence-corrected chi connectivity index (χ2v) is 6.16. The average Bonchev–Trinajstić information content (AvgIpc) is 3.12. The number of nitrogens with zero attached hydrogens (tertiary/aromatic N) is 1. The van der Waals surface area contributed by atoms with Gasteiger partial charge in [-0.2, -0.15) is 0 Å². The van der Waals surface area contributed by atoms with Crippen molar-refractivity contribution in [2.75, 3.05) is 26.8 Å². The fourth-order valence-corrected chi connectivity index (χ4v) is 2.55. The monoisotopic (exact) mass is 312 g/mol. The zero-order valence-corrected chi connectivity index (χ0v) is 12.8. The molecule has 0 bridgehead atoms. The molecule has 1 unspecified atom stereocenters. The second kappa shape index (κ2) is 7.42. The van der Waals surface area contributed by atoms with Crippen LogP contribution in [0.4, 0.5) is 4.79 Å². The summed E-state index contributed by atoms with van der Waals surface area (Å²) < 4.78 is 5.47. The summed E-state index contributed by atoms with van der Waals surface area (Å²) in [4.78, 5) is 25.3. The number of carbonyl (C=O) groups excluding carboxylic acids is 1. The van der Waals surface area contributed by atoms with E-state index in [0.29, 0.717) is 23.9 Å². The first-order valence-corrected chi connectivity index (χ1v) is 7.81. The van der Waals surface area contributed by atoms with Crippen LogP contribution in [0, 0.1) is 5.92 Å². The third-order valence-electron chi connectivity index (χ3n) is 3.31. The van der Waals surface area contributed by atoms with Crippen molar-refractivity contribution in [1.29, 1.82) is 0 Å². The van der Waals surface area contributed by atoms with Crippen molar-refractivity contribution < 1.29 is 19.4 Å². The summed E-state index contributed by atoms with van der Waals surface area (Å²) in [5.74, 6) is -0.372. The number of rotatable bonds is 8. The Balaban J connectivity index is 1.76. The van der Waals surface area contributed by atoms with Gasteiger partial charge in [0.15, 0.2) is 6.04 Å². The van der Waals surface area contributed by atoms with Crippen LogP contribution in [-0.2, 0) is 9.53 Å². The molecule has 0 aliphatic heterocycles. The van der Waals surface area contributed by atoms with E-state index in [2.05, 4.69) is 5.32 Å². The van der Waals surface area contributed by atoms with E-state index in [0.717, 1.165) is 6.61 Å². The summed E-state index contributed by atoms with van der Waals surface area (Å²) in [6.07, 6.45) is 2.47. The van der Waals surface area contributed by atoms with E-state index in [9.17, 15) is 14.7 Å². The van der Waals surface area contributed by atoms with E-state index in [4.69, 9.17) is 4.74 Å². The number of carboxylic acid groups (broad SMARTS) is 1. The molecule has 1 fully saturated rings. The highest BCUT2D eigenvalue weighted by Gasteiger charge is 2.24. The van der Waals surface area contributed by atoms with Crippen molar-refractivity contribution in [2.45, 2.75) is 18.9 Å². The lowest BCUT2D eigenvalue weighted by Crippen LogP contribution is -2.42. The molecular weight excluding hydrogens is 292 g/mol. The number of thiophene rings is 1. The summed E-state index contributed by atoms with van der Waals surface area (Å²) in [5, 5.41) is 13.5. The summed E-state index contributed by atoms with van der Waals surface area (Å²) in [6, 6.07) is 2.04. The van der Waals surface area contributed by atoms with Gasteiger partial charge in [-0.05, 0) is 30.2 Å². The van der Waals surface area contributed by atoms with Gasteiger partial charge >= 0.3 is 12.0 Å². The molecule has 2 amide bonds. The number of nitrogens with one attached hydrogen (secondary N) is 1. The van der Waals surface area contributed by atoms with Gasteiger partial charge in [0.2, 0.25) is 0 Å². The minimum absolute atomic E-state index is 0.411. The summed E-state index contributed by atoms with van der Waals surface area (Å²) in [7, 11) is 1.63. The van der Waals surface area contributed by atoms with E-state index >= 15 is 0 Å². The van der Waals surface area contributed by atoms with E-state index in [1.54, 1.807) is 24.6 Å². The van der Waals surface area contributed by atoms with Crippen molar-refractivity contribution >= 4 is 23.3 Å². The predicted molar refractivity (Wildman–Crippen MR) is 79.4 cm³/mol. The number of urea groups is 1. The molecule has 7 heteroatoms. The van der Waals surface area contributed by atoms with Gasteiger partial charge in [0, 0.05) is 25.1 Å². The van der Waals surface area contributed by atoms with Crippen molar-refractivity contribution in [3.8, 4) is 0 Å². The fraction of sp³-hybridized carbons (Fsp3) is 0.571. The highest BCUT2D eigenvalue weighted by Crippen LogP contribution is 2.28. The minimum Gasteiger partial charge on any atom is -0.479 e. The Hall–Kier alpha value is -1.60. The Labute approximate surface area is 127 Å². The Bertz CT molecular complexity index is 473. The molecule has 1 heterocycles. The lowest BCUT2D eigenvalue weighted by atomic mass is 10.2. The average molecular weight is 312 g/mol. The van der Waals surface area contributed by atoms with Crippen LogP contribution in [0.15, 0.2) is 17.5 Å². The lowest BCUT2D eigenvalue weighted by molar-refractivity contribution is -0.139. The van der Waals surface area contributed by atoms with Gasteiger partial charge in [0.05, 0.1) is 6.61 Å². The van der Waals surface area contributed by atoms with Gasteiger partial charge in [-0.3, -0.25) is 0 Å². The summed E-state index contributed by atoms with van der Waals surface area (Å²) in [5.41, 5.74) is 0. The zero-order chi connectivity index (χ0) is 15.2. The van der Waals surface area contributed by atoms with E-state index in [-0.39, 0.29) is 0 Å². The number of amides is 2. The number of hydrogen-bond acceptors (Lipinski definition) is 4. The van der Waals surface area contributed by atoms with E-state index in [1.807, 2.05) is 0 Å². The Morgan fingerprint density at radius 3 is 2.90 bits per heavy atom. The smallest absolute Gasteiger partial charge is 0.331 e.